The number of anilines is 1. The summed E-state index contributed by atoms with van der Waals surface area (Å²) >= 11 is 5.95. The zero-order chi connectivity index (χ0) is 22.1. The van der Waals surface area contributed by atoms with Crippen molar-refractivity contribution in [2.45, 2.75) is 24.7 Å². The molecule has 1 aromatic heterocycles. The zero-order valence-corrected chi connectivity index (χ0v) is 16.9. The predicted octanol–water partition coefficient (Wildman–Crippen LogP) is 4.64. The van der Waals surface area contributed by atoms with Gasteiger partial charge in [-0.3, -0.25) is 4.98 Å². The average Bonchev–Trinajstić information content (AvgIpc) is 2.70. The molecule has 30 heavy (non-hydrogen) atoms. The van der Waals surface area contributed by atoms with Crippen molar-refractivity contribution in [3.63, 3.8) is 0 Å². The summed E-state index contributed by atoms with van der Waals surface area (Å²) in [7, 11) is 1.28. The normalized spacial score (nSPS) is 14.9. The first-order valence-corrected chi connectivity index (χ1v) is 9.35. The predicted molar refractivity (Wildman–Crippen MR) is 109 cm³/mol. The van der Waals surface area contributed by atoms with Gasteiger partial charge in [-0.25, -0.2) is 0 Å². The van der Waals surface area contributed by atoms with Crippen LogP contribution in [0.1, 0.15) is 17.3 Å². The third-order valence-electron chi connectivity index (χ3n) is 4.89. The van der Waals surface area contributed by atoms with Crippen molar-refractivity contribution in [3.05, 3.63) is 64.8 Å². The van der Waals surface area contributed by atoms with Crippen LogP contribution < -0.4 is 10.1 Å². The molecular weight excluding hydrogens is 421 g/mol. The lowest BCUT2D eigenvalue weighted by Crippen LogP contribution is -2.55. The number of hydrogen-bond donors (Lipinski definition) is 3. The number of aliphatic hydroxyl groups is 2. The minimum Gasteiger partial charge on any atom is -0.496 e. The summed E-state index contributed by atoms with van der Waals surface area (Å²) in [5.41, 5.74) is -1.90. The van der Waals surface area contributed by atoms with E-state index in [1.807, 2.05) is 0 Å². The number of ether oxygens (including phenoxy) is 1. The number of pyridine rings is 1. The van der Waals surface area contributed by atoms with Crippen molar-refractivity contribution in [1.29, 1.82) is 0 Å². The Morgan fingerprint density at radius 1 is 1.17 bits per heavy atom. The quantitative estimate of drug-likeness (QED) is 0.520. The molecule has 2 aromatic carbocycles. The topological polar surface area (TPSA) is 74.6 Å². The highest BCUT2D eigenvalue weighted by atomic mass is 35.5. The molecule has 1 heterocycles. The van der Waals surface area contributed by atoms with Crippen molar-refractivity contribution in [1.82, 2.24) is 4.98 Å². The number of nitrogens with one attached hydrogen (secondary N) is 1. The molecule has 0 spiro atoms. The van der Waals surface area contributed by atoms with Crippen LogP contribution in [0, 0.1) is 6.92 Å². The van der Waals surface area contributed by atoms with Crippen LogP contribution in [0.2, 0.25) is 5.02 Å². The lowest BCUT2D eigenvalue weighted by Gasteiger charge is -2.38. The Bertz CT molecular complexity index is 1060. The summed E-state index contributed by atoms with van der Waals surface area (Å²) in [6, 6.07) is 10.6. The molecule has 2 unspecified atom stereocenters. The maximum absolute atomic E-state index is 13.9. The summed E-state index contributed by atoms with van der Waals surface area (Å²) in [5, 5.41) is 23.8. The van der Waals surface area contributed by atoms with E-state index in [0.29, 0.717) is 16.6 Å². The number of aliphatic hydroxyl groups excluding tert-OH is 1. The molecule has 3 N–H and O–H groups in total. The molecule has 0 amide bonds. The molecule has 9 heteroatoms. The number of fused-ring (bicyclic) bond motifs is 1. The van der Waals surface area contributed by atoms with Crippen LogP contribution in [0.4, 0.5) is 18.9 Å². The third-order valence-corrected chi connectivity index (χ3v) is 5.12. The SMILES string of the molecule is COc1cc(Cl)ccc1C(Nc1cccc2nc(C)ccc12)C(O)(CO)C(F)(F)F. The van der Waals surface area contributed by atoms with Crippen molar-refractivity contribution < 1.29 is 28.1 Å². The monoisotopic (exact) mass is 440 g/mol. The number of halogens is 4. The first kappa shape index (κ1) is 22.1. The highest BCUT2D eigenvalue weighted by Gasteiger charge is 2.59. The smallest absolute Gasteiger partial charge is 0.421 e. The number of hydrogen-bond acceptors (Lipinski definition) is 5. The summed E-state index contributed by atoms with van der Waals surface area (Å²) in [4.78, 5) is 4.38. The van der Waals surface area contributed by atoms with Crippen molar-refractivity contribution in [3.8, 4) is 5.75 Å². The fraction of sp³-hybridized carbons (Fsp3) is 0.286. The molecule has 3 rings (SSSR count). The Morgan fingerprint density at radius 2 is 1.90 bits per heavy atom. The molecule has 0 aliphatic rings. The molecule has 0 aliphatic heterocycles. The van der Waals surface area contributed by atoms with Crippen LogP contribution in [0.3, 0.4) is 0 Å². The van der Waals surface area contributed by atoms with E-state index < -0.39 is 24.4 Å². The largest absolute Gasteiger partial charge is 0.496 e. The van der Waals surface area contributed by atoms with Crippen LogP contribution >= 0.6 is 11.6 Å². The Kier molecular flexibility index (Phi) is 6.12. The maximum atomic E-state index is 13.9. The second kappa shape index (κ2) is 8.29. The van der Waals surface area contributed by atoms with Gasteiger partial charge >= 0.3 is 6.18 Å². The van der Waals surface area contributed by atoms with Gasteiger partial charge in [0.15, 0.2) is 0 Å². The van der Waals surface area contributed by atoms with Crippen LogP contribution in [0.15, 0.2) is 48.5 Å². The van der Waals surface area contributed by atoms with Gasteiger partial charge < -0.3 is 20.3 Å². The van der Waals surface area contributed by atoms with E-state index in [2.05, 4.69) is 10.3 Å². The van der Waals surface area contributed by atoms with E-state index in [4.69, 9.17) is 16.3 Å². The summed E-state index contributed by atoms with van der Waals surface area (Å²) in [6.45, 7) is 0.233. The van der Waals surface area contributed by atoms with Gasteiger partial charge in [-0.15, -0.1) is 0 Å². The van der Waals surface area contributed by atoms with Gasteiger partial charge in [0.2, 0.25) is 5.60 Å². The number of nitrogens with zero attached hydrogens (tertiary/aromatic N) is 1. The Hall–Kier alpha value is -2.55. The summed E-state index contributed by atoms with van der Waals surface area (Å²) < 4.78 is 46.9. The van der Waals surface area contributed by atoms with Crippen LogP contribution in [0.5, 0.6) is 5.75 Å². The first-order valence-electron chi connectivity index (χ1n) is 8.97. The van der Waals surface area contributed by atoms with E-state index in [1.165, 1.54) is 25.3 Å². The Morgan fingerprint density at radius 3 is 2.53 bits per heavy atom. The standard InChI is InChI=1S/C21H20ClF3N2O3/c1-12-6-8-14-16(26-12)4-3-5-17(14)27-19(20(29,11-28)21(23,24)25)15-9-7-13(22)10-18(15)30-2/h3-10,19,27-29H,11H2,1-2H3. The number of rotatable bonds is 6. The van der Waals surface area contributed by atoms with Crippen LogP contribution in [0.25, 0.3) is 10.9 Å². The average molecular weight is 441 g/mol. The lowest BCUT2D eigenvalue weighted by molar-refractivity contribution is -0.277. The number of aryl methyl sites for hydroxylation is 1. The number of alkyl halides is 3. The zero-order valence-electron chi connectivity index (χ0n) is 16.2. The fourth-order valence-electron chi connectivity index (χ4n) is 3.26. The van der Waals surface area contributed by atoms with Gasteiger partial charge in [0.05, 0.1) is 25.3 Å². The third kappa shape index (κ3) is 4.03. The summed E-state index contributed by atoms with van der Waals surface area (Å²) in [6.07, 6.45) is -5.15. The van der Waals surface area contributed by atoms with Crippen molar-refractivity contribution >= 4 is 28.2 Å². The molecule has 0 aliphatic carbocycles. The Labute approximate surface area is 176 Å². The highest BCUT2D eigenvalue weighted by Crippen LogP contribution is 2.45. The van der Waals surface area contributed by atoms with Gasteiger partial charge in [0.25, 0.3) is 0 Å². The van der Waals surface area contributed by atoms with Crippen LogP contribution in [-0.2, 0) is 0 Å². The van der Waals surface area contributed by atoms with Gasteiger partial charge in [0, 0.05) is 27.4 Å². The molecule has 0 fully saturated rings. The second-order valence-corrected chi connectivity index (χ2v) is 7.31. The summed E-state index contributed by atoms with van der Waals surface area (Å²) in [5.74, 6) is 0.0327. The highest BCUT2D eigenvalue weighted by molar-refractivity contribution is 6.30. The minimum absolute atomic E-state index is 0.0205. The number of aromatic nitrogens is 1. The molecule has 0 bridgehead atoms. The molecule has 160 valence electrons. The van der Waals surface area contributed by atoms with E-state index in [9.17, 15) is 23.4 Å². The molecule has 0 radical (unpaired) electrons. The molecule has 2 atom stereocenters. The molecule has 3 aromatic rings. The first-order chi connectivity index (χ1) is 14.1. The van der Waals surface area contributed by atoms with Crippen molar-refractivity contribution in [2.75, 3.05) is 19.0 Å². The van der Waals surface area contributed by atoms with E-state index in [-0.39, 0.29) is 16.3 Å². The van der Waals surface area contributed by atoms with Gasteiger partial charge in [-0.2, -0.15) is 13.2 Å². The maximum Gasteiger partial charge on any atom is 0.421 e. The fourth-order valence-corrected chi connectivity index (χ4v) is 3.42. The van der Waals surface area contributed by atoms with Gasteiger partial charge in [-0.1, -0.05) is 23.7 Å². The number of methoxy groups -OCH3 is 1. The van der Waals surface area contributed by atoms with E-state index in [1.54, 1.807) is 37.3 Å². The van der Waals surface area contributed by atoms with E-state index in [0.717, 1.165) is 5.69 Å². The molecule has 0 saturated carbocycles. The minimum atomic E-state index is -5.15. The molecule has 5 nitrogen and oxygen atoms in total. The van der Waals surface area contributed by atoms with Crippen molar-refractivity contribution in [2.24, 2.45) is 0 Å². The van der Waals surface area contributed by atoms with Gasteiger partial charge in [-0.05, 0) is 43.3 Å². The van der Waals surface area contributed by atoms with Gasteiger partial charge in [0.1, 0.15) is 5.75 Å². The number of benzene rings is 2. The molecule has 0 saturated heterocycles. The molecular formula is C21H20ClF3N2O3. The Balaban J connectivity index is 2.21. The van der Waals surface area contributed by atoms with Crippen LogP contribution in [-0.4, -0.2) is 40.7 Å². The van der Waals surface area contributed by atoms with E-state index >= 15 is 0 Å². The second-order valence-electron chi connectivity index (χ2n) is 6.87. The lowest BCUT2D eigenvalue weighted by atomic mass is 9.87.